The first kappa shape index (κ1) is 17.5. The first-order valence-electron chi connectivity index (χ1n) is 9.62. The van der Waals surface area contributed by atoms with Crippen molar-refractivity contribution in [3.63, 3.8) is 0 Å². The molecule has 27 heavy (non-hydrogen) atoms. The van der Waals surface area contributed by atoms with Crippen LogP contribution in [0.4, 0.5) is 0 Å². The lowest BCUT2D eigenvalue weighted by Gasteiger charge is -2.33. The van der Waals surface area contributed by atoms with Gasteiger partial charge in [-0.1, -0.05) is 42.5 Å². The maximum atomic E-state index is 4.49. The van der Waals surface area contributed by atoms with Crippen LogP contribution in [0, 0.1) is 0 Å². The quantitative estimate of drug-likeness (QED) is 0.553. The van der Waals surface area contributed by atoms with Crippen LogP contribution in [0.3, 0.4) is 0 Å². The minimum atomic E-state index is 0.470. The first-order valence-corrected chi connectivity index (χ1v) is 9.62. The van der Waals surface area contributed by atoms with E-state index in [2.05, 4.69) is 72.9 Å². The monoisotopic (exact) mass is 362 g/mol. The number of H-pyrrole nitrogens is 1. The highest BCUT2D eigenvalue weighted by atomic mass is 15.3. The molecule has 1 fully saturated rings. The van der Waals surface area contributed by atoms with Crippen molar-refractivity contribution in [3.05, 3.63) is 60.2 Å². The van der Waals surface area contributed by atoms with Gasteiger partial charge in [0.05, 0.1) is 0 Å². The van der Waals surface area contributed by atoms with Crippen LogP contribution in [-0.4, -0.2) is 52.7 Å². The van der Waals surface area contributed by atoms with E-state index < -0.39 is 0 Å². The lowest BCUT2D eigenvalue weighted by atomic mass is 9.96. The molecule has 1 aromatic heterocycles. The predicted molar refractivity (Wildman–Crippen MR) is 109 cm³/mol. The number of guanidine groups is 1. The van der Waals surface area contributed by atoms with E-state index >= 15 is 0 Å². The normalized spacial score (nSPS) is 16.0. The summed E-state index contributed by atoms with van der Waals surface area (Å²) in [7, 11) is 1.86. The predicted octanol–water partition coefficient (Wildman–Crippen LogP) is 2.96. The molecule has 0 saturated carbocycles. The zero-order chi connectivity index (χ0) is 18.5. The van der Waals surface area contributed by atoms with Crippen LogP contribution < -0.4 is 5.32 Å². The molecule has 0 bridgehead atoms. The SMILES string of the molecule is CN=C(NCCc1cccc2ccccc12)N1CCC(c2ncn[nH]2)CC1. The van der Waals surface area contributed by atoms with Gasteiger partial charge in [-0.15, -0.1) is 0 Å². The number of nitrogens with zero attached hydrogens (tertiary/aromatic N) is 4. The van der Waals surface area contributed by atoms with Gasteiger partial charge in [0.15, 0.2) is 5.96 Å². The third-order valence-corrected chi connectivity index (χ3v) is 5.38. The van der Waals surface area contributed by atoms with Crippen LogP contribution in [0.5, 0.6) is 0 Å². The zero-order valence-electron chi connectivity index (χ0n) is 15.7. The fourth-order valence-corrected chi connectivity index (χ4v) is 3.93. The van der Waals surface area contributed by atoms with E-state index in [1.165, 1.54) is 16.3 Å². The summed E-state index contributed by atoms with van der Waals surface area (Å²) < 4.78 is 0. The number of rotatable bonds is 4. The van der Waals surface area contributed by atoms with E-state index in [4.69, 9.17) is 0 Å². The highest BCUT2D eigenvalue weighted by molar-refractivity contribution is 5.85. The van der Waals surface area contributed by atoms with Crippen LogP contribution in [0.1, 0.15) is 30.1 Å². The molecule has 140 valence electrons. The van der Waals surface area contributed by atoms with Gasteiger partial charge in [0.2, 0.25) is 0 Å². The van der Waals surface area contributed by atoms with E-state index in [1.807, 2.05) is 7.05 Å². The molecule has 1 saturated heterocycles. The Labute approximate surface area is 159 Å². The molecule has 1 aliphatic heterocycles. The van der Waals surface area contributed by atoms with E-state index in [-0.39, 0.29) is 0 Å². The zero-order valence-corrected chi connectivity index (χ0v) is 15.7. The molecule has 3 aromatic rings. The Kier molecular flexibility index (Phi) is 5.32. The number of fused-ring (bicyclic) bond motifs is 1. The summed E-state index contributed by atoms with van der Waals surface area (Å²) in [6.07, 6.45) is 4.71. The van der Waals surface area contributed by atoms with Crippen molar-refractivity contribution < 1.29 is 0 Å². The highest BCUT2D eigenvalue weighted by Crippen LogP contribution is 2.25. The molecule has 0 spiro atoms. The molecule has 0 unspecified atom stereocenters. The second-order valence-corrected chi connectivity index (χ2v) is 6.99. The number of aliphatic imine (C=N–C) groups is 1. The molecular formula is C21H26N6. The number of aromatic nitrogens is 3. The number of hydrogen-bond acceptors (Lipinski definition) is 3. The van der Waals surface area contributed by atoms with Crippen molar-refractivity contribution in [1.82, 2.24) is 25.4 Å². The Morgan fingerprint density at radius 2 is 2.00 bits per heavy atom. The standard InChI is InChI=1S/C21H26N6/c1-22-21(27-13-10-18(11-14-27)20-24-15-25-26-20)23-12-9-17-7-4-6-16-5-2-3-8-19(16)17/h2-8,15,18H,9-14H2,1H3,(H,22,23)(H,24,25,26). The van der Waals surface area contributed by atoms with E-state index in [0.717, 1.165) is 50.7 Å². The summed E-state index contributed by atoms with van der Waals surface area (Å²) in [5.74, 6) is 2.47. The number of benzene rings is 2. The average Bonchev–Trinajstić information content (AvgIpc) is 3.26. The van der Waals surface area contributed by atoms with Crippen LogP contribution in [0.25, 0.3) is 10.8 Å². The van der Waals surface area contributed by atoms with Gasteiger partial charge < -0.3 is 10.2 Å². The molecule has 0 amide bonds. The minimum Gasteiger partial charge on any atom is -0.356 e. The molecule has 2 heterocycles. The van der Waals surface area contributed by atoms with Crippen molar-refractivity contribution in [2.75, 3.05) is 26.7 Å². The first-order chi connectivity index (χ1) is 13.3. The molecular weight excluding hydrogens is 336 g/mol. The largest absolute Gasteiger partial charge is 0.356 e. The summed E-state index contributed by atoms with van der Waals surface area (Å²) in [6.45, 7) is 2.85. The molecule has 0 radical (unpaired) electrons. The van der Waals surface area contributed by atoms with Crippen molar-refractivity contribution >= 4 is 16.7 Å². The third-order valence-electron chi connectivity index (χ3n) is 5.38. The van der Waals surface area contributed by atoms with Crippen molar-refractivity contribution in [2.45, 2.75) is 25.2 Å². The van der Waals surface area contributed by atoms with Gasteiger partial charge in [-0.3, -0.25) is 10.1 Å². The number of likely N-dealkylation sites (tertiary alicyclic amines) is 1. The summed E-state index contributed by atoms with van der Waals surface area (Å²) >= 11 is 0. The Morgan fingerprint density at radius 3 is 2.78 bits per heavy atom. The summed E-state index contributed by atoms with van der Waals surface area (Å²) in [6, 6.07) is 15.1. The summed E-state index contributed by atoms with van der Waals surface area (Å²) in [4.78, 5) is 11.1. The fourth-order valence-electron chi connectivity index (χ4n) is 3.93. The van der Waals surface area contributed by atoms with Crippen molar-refractivity contribution in [1.29, 1.82) is 0 Å². The lowest BCUT2D eigenvalue weighted by molar-refractivity contribution is 0.299. The smallest absolute Gasteiger partial charge is 0.193 e. The van der Waals surface area contributed by atoms with Gasteiger partial charge in [0.25, 0.3) is 0 Å². The second-order valence-electron chi connectivity index (χ2n) is 6.99. The van der Waals surface area contributed by atoms with Gasteiger partial charge >= 0.3 is 0 Å². The average molecular weight is 362 g/mol. The maximum absolute atomic E-state index is 4.49. The Hall–Kier alpha value is -2.89. The van der Waals surface area contributed by atoms with Crippen molar-refractivity contribution in [2.24, 2.45) is 4.99 Å². The second kappa shape index (κ2) is 8.20. The van der Waals surface area contributed by atoms with E-state index in [9.17, 15) is 0 Å². The molecule has 6 heteroatoms. The van der Waals surface area contributed by atoms with Gasteiger partial charge in [-0.2, -0.15) is 5.10 Å². The van der Waals surface area contributed by atoms with Gasteiger partial charge in [0, 0.05) is 32.6 Å². The number of piperidine rings is 1. The topological polar surface area (TPSA) is 69.2 Å². The van der Waals surface area contributed by atoms with Crippen LogP contribution >= 0.6 is 0 Å². The number of aromatic amines is 1. The molecule has 2 aromatic carbocycles. The van der Waals surface area contributed by atoms with Gasteiger partial charge in [0.1, 0.15) is 12.2 Å². The van der Waals surface area contributed by atoms with E-state index in [1.54, 1.807) is 6.33 Å². The lowest BCUT2D eigenvalue weighted by Crippen LogP contribution is -2.45. The maximum Gasteiger partial charge on any atom is 0.193 e. The van der Waals surface area contributed by atoms with Crippen LogP contribution in [0.2, 0.25) is 0 Å². The molecule has 4 rings (SSSR count). The Bertz CT molecular complexity index is 889. The molecule has 6 nitrogen and oxygen atoms in total. The minimum absolute atomic E-state index is 0.470. The van der Waals surface area contributed by atoms with Crippen LogP contribution in [-0.2, 0) is 6.42 Å². The fraction of sp³-hybridized carbons (Fsp3) is 0.381. The number of nitrogens with one attached hydrogen (secondary N) is 2. The number of hydrogen-bond donors (Lipinski definition) is 2. The molecule has 2 N–H and O–H groups in total. The highest BCUT2D eigenvalue weighted by Gasteiger charge is 2.24. The van der Waals surface area contributed by atoms with Crippen LogP contribution in [0.15, 0.2) is 53.8 Å². The van der Waals surface area contributed by atoms with Crippen molar-refractivity contribution in [3.8, 4) is 0 Å². The van der Waals surface area contributed by atoms with Gasteiger partial charge in [-0.25, -0.2) is 4.98 Å². The van der Waals surface area contributed by atoms with Gasteiger partial charge in [-0.05, 0) is 35.6 Å². The summed E-state index contributed by atoms with van der Waals surface area (Å²) in [5.41, 5.74) is 1.38. The Balaban J connectivity index is 1.32. The molecule has 0 atom stereocenters. The molecule has 0 aliphatic carbocycles. The molecule has 1 aliphatic rings. The summed E-state index contributed by atoms with van der Waals surface area (Å²) in [5, 5.41) is 13.2. The van der Waals surface area contributed by atoms with E-state index in [0.29, 0.717) is 5.92 Å². The Morgan fingerprint density at radius 1 is 1.19 bits per heavy atom. The third kappa shape index (κ3) is 3.94.